The SMILES string of the molecule is CNC(CC1(OC)CCC1)c1ccc2c(c1)CCCO2. The first-order valence-electron chi connectivity index (χ1n) is 7.74. The summed E-state index contributed by atoms with van der Waals surface area (Å²) in [6.45, 7) is 0.856. The Bertz CT molecular complexity index is 463. The second-order valence-electron chi connectivity index (χ2n) is 6.11. The lowest BCUT2D eigenvalue weighted by Gasteiger charge is -2.43. The minimum Gasteiger partial charge on any atom is -0.493 e. The summed E-state index contributed by atoms with van der Waals surface area (Å²) in [6.07, 6.45) is 6.99. The van der Waals surface area contributed by atoms with Crippen LogP contribution < -0.4 is 10.1 Å². The third kappa shape index (κ3) is 2.57. The molecule has 1 fully saturated rings. The molecule has 1 heterocycles. The Labute approximate surface area is 121 Å². The first-order chi connectivity index (χ1) is 9.76. The summed E-state index contributed by atoms with van der Waals surface area (Å²) in [5, 5.41) is 3.46. The van der Waals surface area contributed by atoms with Crippen LogP contribution in [0.1, 0.15) is 49.3 Å². The molecule has 20 heavy (non-hydrogen) atoms. The highest BCUT2D eigenvalue weighted by Gasteiger charge is 2.39. The van der Waals surface area contributed by atoms with Gasteiger partial charge in [-0.2, -0.15) is 0 Å². The van der Waals surface area contributed by atoms with Gasteiger partial charge < -0.3 is 14.8 Å². The van der Waals surface area contributed by atoms with E-state index in [0.29, 0.717) is 6.04 Å². The van der Waals surface area contributed by atoms with Crippen LogP contribution in [0.3, 0.4) is 0 Å². The average molecular weight is 275 g/mol. The van der Waals surface area contributed by atoms with Gasteiger partial charge in [-0.15, -0.1) is 0 Å². The Morgan fingerprint density at radius 2 is 2.20 bits per heavy atom. The van der Waals surface area contributed by atoms with E-state index in [1.54, 1.807) is 0 Å². The number of benzene rings is 1. The van der Waals surface area contributed by atoms with Gasteiger partial charge in [-0.3, -0.25) is 0 Å². The smallest absolute Gasteiger partial charge is 0.122 e. The average Bonchev–Trinajstić information content (AvgIpc) is 2.46. The van der Waals surface area contributed by atoms with Crippen molar-refractivity contribution in [3.05, 3.63) is 29.3 Å². The molecule has 0 spiro atoms. The lowest BCUT2D eigenvalue weighted by Crippen LogP contribution is -2.42. The molecule has 1 aromatic rings. The molecule has 0 bridgehead atoms. The van der Waals surface area contributed by atoms with Gasteiger partial charge in [-0.1, -0.05) is 12.1 Å². The second-order valence-corrected chi connectivity index (χ2v) is 6.11. The summed E-state index contributed by atoms with van der Waals surface area (Å²) < 4.78 is 11.5. The molecule has 1 saturated carbocycles. The van der Waals surface area contributed by atoms with E-state index in [-0.39, 0.29) is 5.60 Å². The van der Waals surface area contributed by atoms with Crippen LogP contribution >= 0.6 is 0 Å². The number of methoxy groups -OCH3 is 1. The highest BCUT2D eigenvalue weighted by Crippen LogP contribution is 2.42. The summed E-state index contributed by atoms with van der Waals surface area (Å²) in [4.78, 5) is 0. The predicted octanol–water partition coefficient (Wildman–Crippen LogP) is 3.23. The van der Waals surface area contributed by atoms with Crippen LogP contribution in [0.4, 0.5) is 0 Å². The van der Waals surface area contributed by atoms with E-state index < -0.39 is 0 Å². The van der Waals surface area contributed by atoms with E-state index in [9.17, 15) is 0 Å². The molecule has 0 amide bonds. The molecule has 1 aromatic carbocycles. The van der Waals surface area contributed by atoms with Gasteiger partial charge in [0.15, 0.2) is 0 Å². The van der Waals surface area contributed by atoms with Gasteiger partial charge in [0, 0.05) is 13.2 Å². The summed E-state index contributed by atoms with van der Waals surface area (Å²) in [5.74, 6) is 1.07. The molecule has 0 aromatic heterocycles. The van der Waals surface area contributed by atoms with Crippen LogP contribution in [0.5, 0.6) is 5.75 Å². The lowest BCUT2D eigenvalue weighted by molar-refractivity contribution is -0.0834. The number of hydrogen-bond acceptors (Lipinski definition) is 3. The van der Waals surface area contributed by atoms with E-state index in [4.69, 9.17) is 9.47 Å². The molecule has 1 aliphatic heterocycles. The highest BCUT2D eigenvalue weighted by atomic mass is 16.5. The standard InChI is InChI=1S/C17H25NO2/c1-18-15(12-17(19-2)8-4-9-17)13-6-7-16-14(11-13)5-3-10-20-16/h6-7,11,15,18H,3-5,8-10,12H2,1-2H3. The van der Waals surface area contributed by atoms with Crippen LogP contribution in [-0.2, 0) is 11.2 Å². The Morgan fingerprint density at radius 1 is 1.35 bits per heavy atom. The van der Waals surface area contributed by atoms with Crippen molar-refractivity contribution < 1.29 is 9.47 Å². The maximum atomic E-state index is 5.78. The van der Waals surface area contributed by atoms with Gasteiger partial charge in [0.1, 0.15) is 5.75 Å². The van der Waals surface area contributed by atoms with Crippen molar-refractivity contribution in [2.45, 2.75) is 50.2 Å². The van der Waals surface area contributed by atoms with E-state index in [1.165, 1.54) is 30.4 Å². The maximum Gasteiger partial charge on any atom is 0.122 e. The molecule has 1 aliphatic carbocycles. The molecule has 0 radical (unpaired) electrons. The Morgan fingerprint density at radius 3 is 2.85 bits per heavy atom. The summed E-state index contributed by atoms with van der Waals surface area (Å²) in [5.41, 5.74) is 2.81. The molecular weight excluding hydrogens is 250 g/mol. The van der Waals surface area contributed by atoms with E-state index in [2.05, 4.69) is 23.5 Å². The van der Waals surface area contributed by atoms with Gasteiger partial charge in [0.2, 0.25) is 0 Å². The van der Waals surface area contributed by atoms with Crippen molar-refractivity contribution in [1.82, 2.24) is 5.32 Å². The Kier molecular flexibility index (Phi) is 3.99. The van der Waals surface area contributed by atoms with E-state index in [1.807, 2.05) is 14.2 Å². The van der Waals surface area contributed by atoms with E-state index in [0.717, 1.165) is 31.6 Å². The Balaban J connectivity index is 1.78. The van der Waals surface area contributed by atoms with Crippen LogP contribution in [0.2, 0.25) is 0 Å². The van der Waals surface area contributed by atoms with Crippen molar-refractivity contribution in [2.75, 3.05) is 20.8 Å². The zero-order valence-electron chi connectivity index (χ0n) is 12.6. The van der Waals surface area contributed by atoms with Crippen LogP contribution in [0, 0.1) is 0 Å². The zero-order chi connectivity index (χ0) is 14.0. The third-order valence-electron chi connectivity index (χ3n) is 4.96. The molecule has 1 N–H and O–H groups in total. The maximum absolute atomic E-state index is 5.78. The van der Waals surface area contributed by atoms with Crippen molar-refractivity contribution in [1.29, 1.82) is 0 Å². The first-order valence-corrected chi connectivity index (χ1v) is 7.74. The van der Waals surface area contributed by atoms with Gasteiger partial charge >= 0.3 is 0 Å². The van der Waals surface area contributed by atoms with Gasteiger partial charge in [-0.05, 0) is 62.8 Å². The minimum absolute atomic E-state index is 0.0973. The van der Waals surface area contributed by atoms with Crippen LogP contribution in [0.25, 0.3) is 0 Å². The normalized spacial score (nSPS) is 21.5. The fraction of sp³-hybridized carbons (Fsp3) is 0.647. The van der Waals surface area contributed by atoms with Gasteiger partial charge in [-0.25, -0.2) is 0 Å². The molecule has 1 unspecified atom stereocenters. The summed E-state index contributed by atoms with van der Waals surface area (Å²) in [6, 6.07) is 7.02. The largest absolute Gasteiger partial charge is 0.493 e. The number of nitrogens with one attached hydrogen (secondary N) is 1. The van der Waals surface area contributed by atoms with E-state index >= 15 is 0 Å². The van der Waals surface area contributed by atoms with Gasteiger partial charge in [0.05, 0.1) is 12.2 Å². The third-order valence-corrected chi connectivity index (χ3v) is 4.96. The van der Waals surface area contributed by atoms with Crippen molar-refractivity contribution in [3.63, 3.8) is 0 Å². The highest BCUT2D eigenvalue weighted by molar-refractivity contribution is 5.39. The molecule has 3 nitrogen and oxygen atoms in total. The molecule has 3 rings (SSSR count). The predicted molar refractivity (Wildman–Crippen MR) is 80.3 cm³/mol. The first kappa shape index (κ1) is 13.9. The van der Waals surface area contributed by atoms with Crippen LogP contribution in [0.15, 0.2) is 18.2 Å². The number of ether oxygens (including phenoxy) is 2. The molecule has 1 atom stereocenters. The van der Waals surface area contributed by atoms with Crippen molar-refractivity contribution in [2.24, 2.45) is 0 Å². The minimum atomic E-state index is 0.0973. The molecular formula is C17H25NO2. The lowest BCUT2D eigenvalue weighted by atomic mass is 9.74. The van der Waals surface area contributed by atoms with Crippen LogP contribution in [-0.4, -0.2) is 26.4 Å². The number of aryl methyl sites for hydroxylation is 1. The molecule has 2 aliphatic rings. The zero-order valence-corrected chi connectivity index (χ0v) is 12.6. The number of hydrogen-bond donors (Lipinski definition) is 1. The molecule has 110 valence electrons. The topological polar surface area (TPSA) is 30.5 Å². The molecule has 0 saturated heterocycles. The van der Waals surface area contributed by atoms with Gasteiger partial charge in [0.25, 0.3) is 0 Å². The number of rotatable bonds is 5. The fourth-order valence-electron chi connectivity index (χ4n) is 3.42. The quantitative estimate of drug-likeness (QED) is 0.895. The van der Waals surface area contributed by atoms with Crippen molar-refractivity contribution in [3.8, 4) is 5.75 Å². The Hall–Kier alpha value is -1.06. The number of fused-ring (bicyclic) bond motifs is 1. The summed E-state index contributed by atoms with van der Waals surface area (Å²) >= 11 is 0. The monoisotopic (exact) mass is 275 g/mol. The fourth-order valence-corrected chi connectivity index (χ4v) is 3.42. The van der Waals surface area contributed by atoms with Crippen molar-refractivity contribution >= 4 is 0 Å². The second kappa shape index (κ2) is 5.74. The summed E-state index contributed by atoms with van der Waals surface area (Å²) in [7, 11) is 3.90. The molecule has 3 heteroatoms.